The quantitative estimate of drug-likeness (QED) is 0.0785. The van der Waals surface area contributed by atoms with Crippen LogP contribution >= 0.6 is 0 Å². The van der Waals surface area contributed by atoms with Crippen molar-refractivity contribution < 1.29 is 41.4 Å². The summed E-state index contributed by atoms with van der Waals surface area (Å²) in [5.41, 5.74) is 5.93. The first kappa shape index (κ1) is 44.0. The molecule has 1 unspecified atom stereocenters. The lowest BCUT2D eigenvalue weighted by Crippen LogP contribution is -2.44. The summed E-state index contributed by atoms with van der Waals surface area (Å²) in [5.74, 6) is -1.08. The number of oxazole rings is 1. The molecule has 4 aromatic heterocycles. The molecule has 64 heavy (non-hydrogen) atoms. The highest BCUT2D eigenvalue weighted by atomic mass is 19.4. The third-order valence-corrected chi connectivity index (χ3v) is 11.1. The van der Waals surface area contributed by atoms with Gasteiger partial charge >= 0.3 is 11.9 Å². The third kappa shape index (κ3) is 10.1. The number of carbonyl (C=O) groups excluding carboxylic acids is 3. The molecule has 2 aliphatic heterocycles. The minimum Gasteiger partial charge on any atom is -0.444 e. The van der Waals surface area contributed by atoms with Crippen LogP contribution in [0.2, 0.25) is 0 Å². The largest absolute Gasteiger partial charge is 0.444 e. The lowest BCUT2D eigenvalue weighted by Gasteiger charge is -2.24. The second-order valence-corrected chi connectivity index (χ2v) is 15.5. The van der Waals surface area contributed by atoms with Gasteiger partial charge in [-0.15, -0.1) is 0 Å². The van der Waals surface area contributed by atoms with E-state index in [1.54, 1.807) is 21.2 Å². The van der Waals surface area contributed by atoms with Crippen LogP contribution in [0.3, 0.4) is 0 Å². The van der Waals surface area contributed by atoms with Crippen molar-refractivity contribution in [3.63, 3.8) is 0 Å². The number of ether oxygens (including phenoxy) is 2. The number of nitrogens with one attached hydrogen (secondary N) is 3. The molecule has 1 fully saturated rings. The zero-order valence-corrected chi connectivity index (χ0v) is 35.0. The Kier molecular flexibility index (Phi) is 13.3. The molecule has 0 radical (unpaired) electrons. The predicted octanol–water partition coefficient (Wildman–Crippen LogP) is 4.88. The van der Waals surface area contributed by atoms with Crippen LogP contribution in [0.4, 0.5) is 24.7 Å². The van der Waals surface area contributed by atoms with E-state index < -0.39 is 24.7 Å². The number of piperidine rings is 1. The van der Waals surface area contributed by atoms with Gasteiger partial charge in [0.15, 0.2) is 5.69 Å². The molecule has 2 aromatic carbocycles. The Labute approximate surface area is 364 Å². The Bertz CT molecular complexity index is 2690. The van der Waals surface area contributed by atoms with Gasteiger partial charge < -0.3 is 29.4 Å². The number of alkyl halides is 3. The molecule has 6 heterocycles. The molecule has 0 spiro atoms. The van der Waals surface area contributed by atoms with Crippen LogP contribution in [0.5, 0.6) is 0 Å². The summed E-state index contributed by atoms with van der Waals surface area (Å²) in [5, 5.41) is 12.7. The Balaban J connectivity index is 0.745. The summed E-state index contributed by atoms with van der Waals surface area (Å²) in [7, 11) is 1.70. The third-order valence-electron chi connectivity index (χ3n) is 11.1. The second-order valence-electron chi connectivity index (χ2n) is 15.5. The molecule has 6 aromatic rings. The van der Waals surface area contributed by atoms with Crippen LogP contribution in [0.25, 0.3) is 28.2 Å². The highest BCUT2D eigenvalue weighted by molar-refractivity contribution is 6.05. The molecule has 17 nitrogen and oxygen atoms in total. The monoisotopic (exact) mass is 884 g/mol. The molecule has 1 saturated heterocycles. The normalized spacial score (nSPS) is 15.4. The summed E-state index contributed by atoms with van der Waals surface area (Å²) in [6, 6.07) is 15.8. The number of hydrogen-bond donors (Lipinski definition) is 3. The molecule has 3 N–H and O–H groups in total. The number of nitrogens with zero attached hydrogens (tertiary/aromatic N) is 7. The van der Waals surface area contributed by atoms with Crippen molar-refractivity contribution in [3.05, 3.63) is 106 Å². The Hall–Kier alpha value is -6.64. The number of benzene rings is 2. The van der Waals surface area contributed by atoms with Crippen LogP contribution in [0.15, 0.2) is 82.5 Å². The molecule has 0 aliphatic carbocycles. The molecule has 3 amide bonds. The fourth-order valence-corrected chi connectivity index (χ4v) is 7.95. The van der Waals surface area contributed by atoms with Crippen LogP contribution in [-0.2, 0) is 45.5 Å². The van der Waals surface area contributed by atoms with Crippen molar-refractivity contribution in [2.75, 3.05) is 56.3 Å². The van der Waals surface area contributed by atoms with Gasteiger partial charge in [0.1, 0.15) is 24.7 Å². The average molecular weight is 885 g/mol. The van der Waals surface area contributed by atoms with Gasteiger partial charge in [-0.05, 0) is 73.6 Å². The second kappa shape index (κ2) is 19.4. The fraction of sp³-hybridized carbons (Fsp3) is 0.386. The molecule has 336 valence electrons. The van der Waals surface area contributed by atoms with Gasteiger partial charge in [0.05, 0.1) is 54.1 Å². The Morgan fingerprint density at radius 1 is 1.02 bits per heavy atom. The van der Waals surface area contributed by atoms with Crippen molar-refractivity contribution in [2.45, 2.75) is 57.3 Å². The highest BCUT2D eigenvalue weighted by Crippen LogP contribution is 2.31. The maximum absolute atomic E-state index is 13.6. The number of amides is 3. The van der Waals surface area contributed by atoms with Crippen LogP contribution in [0, 0.1) is 0 Å². The van der Waals surface area contributed by atoms with E-state index in [0.29, 0.717) is 82.1 Å². The van der Waals surface area contributed by atoms with E-state index >= 15 is 0 Å². The minimum atomic E-state index is -4.41. The molecular weight excluding hydrogens is 838 g/mol. The number of imide groups is 1. The first-order valence-electron chi connectivity index (χ1n) is 21.0. The SMILES string of the molecule is Cn1c(=O)n(C2CCC(=O)NC2=O)c2cccc(CCCOCCOCCNCc3ccc(-n4cc5c(n4)CCCN5C(=O)c4coc(-c5ccnc(NCC(F)(F)F)c5)n4)cc3)c21. The lowest BCUT2D eigenvalue weighted by atomic mass is 10.0. The summed E-state index contributed by atoms with van der Waals surface area (Å²) >= 11 is 0. The summed E-state index contributed by atoms with van der Waals surface area (Å²) in [4.78, 5) is 60.9. The van der Waals surface area contributed by atoms with Gasteiger partial charge in [0.2, 0.25) is 17.7 Å². The maximum Gasteiger partial charge on any atom is 0.405 e. The summed E-state index contributed by atoms with van der Waals surface area (Å²) in [6.45, 7) is 2.43. The van der Waals surface area contributed by atoms with Gasteiger partial charge in [-0.3, -0.25) is 28.8 Å². The van der Waals surface area contributed by atoms with Gasteiger partial charge in [0.25, 0.3) is 5.91 Å². The minimum absolute atomic E-state index is 0.000476. The number of anilines is 2. The van der Waals surface area contributed by atoms with E-state index in [1.165, 1.54) is 29.2 Å². The summed E-state index contributed by atoms with van der Waals surface area (Å²) < 4.78 is 59.9. The van der Waals surface area contributed by atoms with Crippen molar-refractivity contribution in [3.8, 4) is 17.1 Å². The number of rotatable bonds is 18. The van der Waals surface area contributed by atoms with E-state index in [0.717, 1.165) is 34.4 Å². The molecule has 1 atom stereocenters. The topological polar surface area (TPSA) is 193 Å². The average Bonchev–Trinajstić information content (AvgIpc) is 4.02. The van der Waals surface area contributed by atoms with E-state index in [-0.39, 0.29) is 47.7 Å². The first-order chi connectivity index (χ1) is 30.9. The van der Waals surface area contributed by atoms with Crippen molar-refractivity contribution in [2.24, 2.45) is 7.05 Å². The van der Waals surface area contributed by atoms with E-state index in [1.807, 2.05) is 48.7 Å². The maximum atomic E-state index is 13.6. The molecular formula is C44H47F3N10O7. The smallest absolute Gasteiger partial charge is 0.405 e. The Morgan fingerprint density at radius 3 is 2.62 bits per heavy atom. The van der Waals surface area contributed by atoms with Crippen LogP contribution < -0.4 is 26.5 Å². The Morgan fingerprint density at radius 2 is 1.83 bits per heavy atom. The zero-order chi connectivity index (χ0) is 44.8. The van der Waals surface area contributed by atoms with Crippen molar-refractivity contribution in [1.29, 1.82) is 0 Å². The summed E-state index contributed by atoms with van der Waals surface area (Å²) in [6.07, 6.45) is 3.29. The zero-order valence-electron chi connectivity index (χ0n) is 35.0. The fourth-order valence-electron chi connectivity index (χ4n) is 7.95. The predicted molar refractivity (Wildman–Crippen MR) is 228 cm³/mol. The van der Waals surface area contributed by atoms with Crippen molar-refractivity contribution in [1.82, 2.24) is 39.5 Å². The van der Waals surface area contributed by atoms with Crippen LogP contribution in [0.1, 0.15) is 59.0 Å². The lowest BCUT2D eigenvalue weighted by molar-refractivity contribution is -0.135. The molecule has 8 rings (SSSR count). The number of pyridine rings is 1. The molecule has 0 bridgehead atoms. The van der Waals surface area contributed by atoms with E-state index in [2.05, 4.69) is 25.9 Å². The van der Waals surface area contributed by atoms with Gasteiger partial charge in [-0.2, -0.15) is 18.3 Å². The van der Waals surface area contributed by atoms with Gasteiger partial charge in [0, 0.05) is 51.5 Å². The van der Waals surface area contributed by atoms with E-state index in [4.69, 9.17) is 19.0 Å². The van der Waals surface area contributed by atoms with Gasteiger partial charge in [-0.25, -0.2) is 19.4 Å². The van der Waals surface area contributed by atoms with Crippen molar-refractivity contribution >= 4 is 40.3 Å². The molecule has 0 saturated carbocycles. The number of aromatic nitrogens is 6. The number of para-hydroxylation sites is 1. The number of imidazole rings is 1. The van der Waals surface area contributed by atoms with Crippen LogP contribution in [-0.4, -0.2) is 98.8 Å². The standard InChI is InChI=1S/C44H47F3N10O7/c1-54-39-29(5-2-8-34(39)57(43(54)61)35-13-14-38(58)52-40(35)59)6-4-19-62-21-22-63-20-17-48-24-28-9-11-31(12-10-28)56-25-36-32(53-56)7-3-18-55(36)42(60)33-26-64-41(51-33)30-15-16-49-37(23-30)50-27-44(45,46)47/h2,5,8-12,15-16,23,25-26,35,48H,3-4,6-7,13-14,17-22,24,27H2,1H3,(H,49,50)(H,52,58,59). The number of fused-ring (bicyclic) bond motifs is 2. The number of halogens is 3. The number of hydrogen-bond acceptors (Lipinski definition) is 12. The van der Waals surface area contributed by atoms with E-state index in [9.17, 15) is 32.3 Å². The highest BCUT2D eigenvalue weighted by Gasteiger charge is 2.32. The number of aryl methyl sites for hydroxylation is 3. The number of carbonyl (C=O) groups is 3. The molecule has 2 aliphatic rings. The molecule has 20 heteroatoms. The van der Waals surface area contributed by atoms with Gasteiger partial charge in [-0.1, -0.05) is 24.3 Å². The first-order valence-corrected chi connectivity index (χ1v) is 21.0.